The largest absolute Gasteiger partial charge is 0.315 e. The van der Waals surface area contributed by atoms with Crippen LogP contribution in [0.4, 0.5) is 0 Å². The summed E-state index contributed by atoms with van der Waals surface area (Å²) in [5.41, 5.74) is 0. The van der Waals surface area contributed by atoms with Crippen molar-refractivity contribution in [3.63, 3.8) is 0 Å². The molecule has 0 spiro atoms. The van der Waals surface area contributed by atoms with Crippen molar-refractivity contribution < 1.29 is 8.42 Å². The van der Waals surface area contributed by atoms with E-state index < -0.39 is 9.84 Å². The van der Waals surface area contributed by atoms with Crippen molar-refractivity contribution >= 4 is 9.84 Å². The Labute approximate surface area is 100 Å². The van der Waals surface area contributed by atoms with E-state index >= 15 is 0 Å². The molecule has 0 aromatic rings. The van der Waals surface area contributed by atoms with Gasteiger partial charge in [0.25, 0.3) is 0 Å². The van der Waals surface area contributed by atoms with Crippen molar-refractivity contribution in [2.24, 2.45) is 5.92 Å². The first-order valence-electron chi connectivity index (χ1n) is 5.86. The van der Waals surface area contributed by atoms with Crippen LogP contribution in [0.3, 0.4) is 0 Å². The maximum absolute atomic E-state index is 11.1. The number of hydrogen-bond donors (Lipinski definition) is 1. The molecule has 0 aromatic carbocycles. The van der Waals surface area contributed by atoms with Gasteiger partial charge in [0, 0.05) is 25.4 Å². The van der Waals surface area contributed by atoms with Gasteiger partial charge in [0.15, 0.2) is 0 Å². The van der Waals surface area contributed by atoms with Crippen molar-refractivity contribution in [1.82, 2.24) is 10.2 Å². The fraction of sp³-hybridized carbons (Fsp3) is 1.00. The molecule has 16 heavy (non-hydrogen) atoms. The van der Waals surface area contributed by atoms with Crippen LogP contribution in [0.25, 0.3) is 0 Å². The highest BCUT2D eigenvalue weighted by atomic mass is 32.2. The average Bonchev–Trinajstić information content (AvgIpc) is 2.13. The van der Waals surface area contributed by atoms with Crippen LogP contribution in [0.2, 0.25) is 0 Å². The van der Waals surface area contributed by atoms with Gasteiger partial charge >= 0.3 is 0 Å². The molecule has 0 aromatic heterocycles. The summed E-state index contributed by atoms with van der Waals surface area (Å²) >= 11 is 0. The molecule has 0 amide bonds. The third-order valence-corrected chi connectivity index (χ3v) is 3.68. The number of nitrogens with zero attached hydrogens (tertiary/aromatic N) is 1. The lowest BCUT2D eigenvalue weighted by Crippen LogP contribution is -2.45. The van der Waals surface area contributed by atoms with E-state index in [1.54, 1.807) is 0 Å². The number of likely N-dealkylation sites (N-methyl/N-ethyl adjacent to an activating group) is 2. The predicted molar refractivity (Wildman–Crippen MR) is 69.5 cm³/mol. The molecular weight excluding hydrogens is 224 g/mol. The highest BCUT2D eigenvalue weighted by molar-refractivity contribution is 7.90. The van der Waals surface area contributed by atoms with Gasteiger partial charge in [-0.1, -0.05) is 20.8 Å². The predicted octanol–water partition coefficient (Wildman–Crippen LogP) is 0.597. The van der Waals surface area contributed by atoms with Crippen LogP contribution in [0.1, 0.15) is 20.8 Å². The zero-order valence-corrected chi connectivity index (χ0v) is 12.0. The Bertz CT molecular complexity index is 276. The highest BCUT2D eigenvalue weighted by Gasteiger charge is 2.18. The molecule has 0 bridgehead atoms. The summed E-state index contributed by atoms with van der Waals surface area (Å²) < 4.78 is 22.2. The van der Waals surface area contributed by atoms with Gasteiger partial charge in [0.05, 0.1) is 5.75 Å². The number of rotatable bonds is 8. The molecule has 1 unspecified atom stereocenters. The van der Waals surface area contributed by atoms with Gasteiger partial charge in [-0.15, -0.1) is 0 Å². The van der Waals surface area contributed by atoms with E-state index in [9.17, 15) is 8.42 Å². The standard InChI is InChI=1S/C11H26N2O2S/c1-6-12-9-11(10(2)3)13(4)7-8-16(5,14)15/h10-12H,6-9H2,1-5H3. The van der Waals surface area contributed by atoms with Crippen LogP contribution in [0.15, 0.2) is 0 Å². The lowest BCUT2D eigenvalue weighted by molar-refractivity contribution is 0.197. The first-order chi connectivity index (χ1) is 7.28. The molecule has 5 heteroatoms. The molecule has 0 aliphatic rings. The molecule has 0 rings (SSSR count). The van der Waals surface area contributed by atoms with Crippen LogP contribution in [-0.4, -0.2) is 58.1 Å². The highest BCUT2D eigenvalue weighted by Crippen LogP contribution is 2.08. The van der Waals surface area contributed by atoms with Gasteiger partial charge in [-0.25, -0.2) is 8.42 Å². The Kier molecular flexibility index (Phi) is 7.19. The molecular formula is C11H26N2O2S. The van der Waals surface area contributed by atoms with Crippen LogP contribution in [0.5, 0.6) is 0 Å². The second kappa shape index (κ2) is 7.25. The average molecular weight is 250 g/mol. The van der Waals surface area contributed by atoms with Crippen LogP contribution in [0, 0.1) is 5.92 Å². The van der Waals surface area contributed by atoms with Gasteiger partial charge in [-0.05, 0) is 19.5 Å². The molecule has 0 saturated carbocycles. The Hall–Kier alpha value is -0.130. The first kappa shape index (κ1) is 15.9. The molecule has 4 nitrogen and oxygen atoms in total. The smallest absolute Gasteiger partial charge is 0.148 e. The first-order valence-corrected chi connectivity index (χ1v) is 7.92. The second-order valence-corrected chi connectivity index (χ2v) is 6.99. The fourth-order valence-electron chi connectivity index (χ4n) is 1.67. The molecule has 1 atom stereocenters. The number of sulfone groups is 1. The molecule has 0 aliphatic heterocycles. The number of nitrogens with one attached hydrogen (secondary N) is 1. The van der Waals surface area contributed by atoms with Crippen molar-refractivity contribution in [3.8, 4) is 0 Å². The Morgan fingerprint density at radius 2 is 1.88 bits per heavy atom. The summed E-state index contributed by atoms with van der Waals surface area (Å²) in [6, 6.07) is 0.390. The third kappa shape index (κ3) is 7.19. The van der Waals surface area contributed by atoms with Gasteiger partial charge in [-0.2, -0.15) is 0 Å². The van der Waals surface area contributed by atoms with E-state index in [1.807, 2.05) is 7.05 Å². The molecule has 0 saturated heterocycles. The molecule has 1 N–H and O–H groups in total. The molecule has 0 radical (unpaired) electrons. The van der Waals surface area contributed by atoms with Crippen LogP contribution in [-0.2, 0) is 9.84 Å². The Balaban J connectivity index is 4.21. The van der Waals surface area contributed by atoms with E-state index in [-0.39, 0.29) is 5.75 Å². The maximum atomic E-state index is 11.1. The van der Waals surface area contributed by atoms with E-state index in [0.717, 1.165) is 13.1 Å². The zero-order chi connectivity index (χ0) is 12.8. The van der Waals surface area contributed by atoms with E-state index in [0.29, 0.717) is 18.5 Å². The van der Waals surface area contributed by atoms with Gasteiger partial charge in [0.2, 0.25) is 0 Å². The van der Waals surface area contributed by atoms with E-state index in [2.05, 4.69) is 31.0 Å². The van der Waals surface area contributed by atoms with Crippen LogP contribution >= 0.6 is 0 Å². The fourth-order valence-corrected chi connectivity index (χ4v) is 2.29. The van der Waals surface area contributed by atoms with Gasteiger partial charge in [-0.3, -0.25) is 0 Å². The SMILES string of the molecule is CCNCC(C(C)C)N(C)CCS(C)(=O)=O. The summed E-state index contributed by atoms with van der Waals surface area (Å²) in [5, 5.41) is 3.32. The number of hydrogen-bond acceptors (Lipinski definition) is 4. The summed E-state index contributed by atoms with van der Waals surface area (Å²) in [5.74, 6) is 0.752. The van der Waals surface area contributed by atoms with E-state index in [4.69, 9.17) is 0 Å². The molecule has 0 aliphatic carbocycles. The Morgan fingerprint density at radius 3 is 2.25 bits per heavy atom. The maximum Gasteiger partial charge on any atom is 0.148 e. The minimum Gasteiger partial charge on any atom is -0.315 e. The third-order valence-electron chi connectivity index (χ3n) is 2.75. The van der Waals surface area contributed by atoms with Crippen molar-refractivity contribution in [2.45, 2.75) is 26.8 Å². The summed E-state index contributed by atoms with van der Waals surface area (Å²) in [6.07, 6.45) is 1.29. The lowest BCUT2D eigenvalue weighted by Gasteiger charge is -2.31. The monoisotopic (exact) mass is 250 g/mol. The Morgan fingerprint density at radius 1 is 1.31 bits per heavy atom. The summed E-state index contributed by atoms with van der Waals surface area (Å²) in [6.45, 7) is 8.87. The van der Waals surface area contributed by atoms with Gasteiger partial charge in [0.1, 0.15) is 9.84 Å². The normalized spacial score (nSPS) is 14.7. The van der Waals surface area contributed by atoms with Gasteiger partial charge < -0.3 is 10.2 Å². The second-order valence-electron chi connectivity index (χ2n) is 4.73. The van der Waals surface area contributed by atoms with Crippen molar-refractivity contribution in [2.75, 3.05) is 38.7 Å². The quantitative estimate of drug-likeness (QED) is 0.685. The molecule has 0 fully saturated rings. The summed E-state index contributed by atoms with van der Waals surface area (Å²) in [7, 11) is -0.868. The molecule has 98 valence electrons. The van der Waals surface area contributed by atoms with Crippen molar-refractivity contribution in [3.05, 3.63) is 0 Å². The topological polar surface area (TPSA) is 49.4 Å². The molecule has 0 heterocycles. The lowest BCUT2D eigenvalue weighted by atomic mass is 10.0. The summed E-state index contributed by atoms with van der Waals surface area (Å²) in [4.78, 5) is 2.13. The van der Waals surface area contributed by atoms with Crippen LogP contribution < -0.4 is 5.32 Å². The van der Waals surface area contributed by atoms with Crippen molar-refractivity contribution in [1.29, 1.82) is 0 Å². The minimum absolute atomic E-state index is 0.235. The minimum atomic E-state index is -2.86. The zero-order valence-electron chi connectivity index (χ0n) is 11.2. The van der Waals surface area contributed by atoms with E-state index in [1.165, 1.54) is 6.26 Å².